The second-order valence-corrected chi connectivity index (χ2v) is 9.42. The summed E-state index contributed by atoms with van der Waals surface area (Å²) in [6.45, 7) is 3.32. The van der Waals surface area contributed by atoms with E-state index in [1.807, 2.05) is 0 Å². The Kier molecular flexibility index (Phi) is 12.5. The third-order valence-corrected chi connectivity index (χ3v) is 5.73. The van der Waals surface area contributed by atoms with E-state index in [4.69, 9.17) is 9.84 Å². The number of rotatable bonds is 16. The molecule has 13 nitrogen and oxygen atoms in total. The Morgan fingerprint density at radius 3 is 2.17 bits per heavy atom. The molecule has 0 spiro atoms. The Morgan fingerprint density at radius 1 is 0.925 bits per heavy atom. The van der Waals surface area contributed by atoms with Crippen molar-refractivity contribution in [1.82, 2.24) is 15.5 Å². The van der Waals surface area contributed by atoms with Gasteiger partial charge < -0.3 is 25.8 Å². The Morgan fingerprint density at radius 2 is 1.57 bits per heavy atom. The van der Waals surface area contributed by atoms with Gasteiger partial charge in [0.2, 0.25) is 17.7 Å². The van der Waals surface area contributed by atoms with Crippen molar-refractivity contribution >= 4 is 47.2 Å². The van der Waals surface area contributed by atoms with E-state index in [1.165, 1.54) is 12.2 Å². The molecule has 1 aliphatic heterocycles. The lowest BCUT2D eigenvalue weighted by Crippen LogP contribution is -2.49. The summed E-state index contributed by atoms with van der Waals surface area (Å²) in [5.41, 5.74) is 1.16. The third-order valence-electron chi connectivity index (χ3n) is 5.73. The summed E-state index contributed by atoms with van der Waals surface area (Å²) in [4.78, 5) is 83.9. The highest BCUT2D eigenvalue weighted by atomic mass is 16.5. The van der Waals surface area contributed by atoms with Gasteiger partial charge >= 0.3 is 11.9 Å². The highest BCUT2D eigenvalue weighted by Gasteiger charge is 2.25. The normalized spacial score (nSPS) is 13.2. The van der Waals surface area contributed by atoms with Gasteiger partial charge in [-0.15, -0.1) is 0 Å². The van der Waals surface area contributed by atoms with Gasteiger partial charge in [-0.3, -0.25) is 38.5 Å². The Bertz CT molecular complexity index is 1130. The van der Waals surface area contributed by atoms with Gasteiger partial charge in [-0.05, 0) is 30.5 Å². The topological polar surface area (TPSA) is 188 Å². The summed E-state index contributed by atoms with van der Waals surface area (Å²) >= 11 is 0. The van der Waals surface area contributed by atoms with Crippen molar-refractivity contribution in [2.24, 2.45) is 5.92 Å². The molecule has 0 fully saturated rings. The number of carbonyl (C=O) groups excluding carboxylic acids is 6. The maximum atomic E-state index is 12.5. The third kappa shape index (κ3) is 11.1. The predicted octanol–water partition coefficient (Wildman–Crippen LogP) is 0.885. The molecule has 0 aromatic heterocycles. The molecular weight excluding hydrogens is 524 g/mol. The lowest BCUT2D eigenvalue weighted by Gasteiger charge is -2.17. The summed E-state index contributed by atoms with van der Waals surface area (Å²) in [5.74, 6) is -4.57. The molecule has 0 saturated carbocycles. The van der Waals surface area contributed by atoms with E-state index in [-0.39, 0.29) is 43.3 Å². The maximum Gasteiger partial charge on any atom is 0.308 e. The van der Waals surface area contributed by atoms with Crippen LogP contribution in [0, 0.1) is 5.92 Å². The fourth-order valence-electron chi connectivity index (χ4n) is 3.54. The molecular formula is C27H34N4O9. The van der Waals surface area contributed by atoms with E-state index in [9.17, 15) is 33.6 Å². The van der Waals surface area contributed by atoms with Crippen LogP contribution in [0.3, 0.4) is 0 Å². The SMILES string of the molecule is CC(C)C(=O)OCc1ccc(NC(=O)CNC(=O)C(CC(=O)O)NC(=O)CCCCCN2C(=O)C=CC2=O)cc1. The standard InChI is InChI=1S/C27H34N4O9/c1-17(2)27(39)40-16-18-7-9-19(10-8-18)29-22(33)15-28-26(38)20(14-25(36)37)30-21(32)6-4-3-5-13-31-23(34)11-12-24(31)35/h7-12,17,20H,3-6,13-16H2,1-2H3,(H,28,38)(H,29,33)(H,30,32)(H,36,37). The van der Waals surface area contributed by atoms with Crippen LogP contribution >= 0.6 is 0 Å². The average molecular weight is 559 g/mol. The van der Waals surface area contributed by atoms with E-state index in [0.29, 0.717) is 24.9 Å². The second-order valence-electron chi connectivity index (χ2n) is 9.42. The number of anilines is 1. The zero-order chi connectivity index (χ0) is 29.7. The molecule has 40 heavy (non-hydrogen) atoms. The molecule has 1 aromatic rings. The number of nitrogens with one attached hydrogen (secondary N) is 3. The van der Waals surface area contributed by atoms with Crippen LogP contribution in [-0.4, -0.2) is 70.6 Å². The molecule has 216 valence electrons. The molecule has 1 unspecified atom stereocenters. The van der Waals surface area contributed by atoms with Gasteiger partial charge in [0.15, 0.2) is 0 Å². The molecule has 0 bridgehead atoms. The Balaban J connectivity index is 1.73. The van der Waals surface area contributed by atoms with Crippen molar-refractivity contribution in [3.63, 3.8) is 0 Å². The molecule has 13 heteroatoms. The summed E-state index contributed by atoms with van der Waals surface area (Å²) in [6.07, 6.45) is 3.16. The van der Waals surface area contributed by atoms with Crippen molar-refractivity contribution in [3.8, 4) is 0 Å². The van der Waals surface area contributed by atoms with Gasteiger partial charge in [0, 0.05) is 30.8 Å². The van der Waals surface area contributed by atoms with Crippen LogP contribution in [0.4, 0.5) is 5.69 Å². The summed E-state index contributed by atoms with van der Waals surface area (Å²) in [6, 6.07) is 5.16. The van der Waals surface area contributed by atoms with Crippen molar-refractivity contribution in [1.29, 1.82) is 0 Å². The number of carboxylic acid groups (broad SMARTS) is 1. The van der Waals surface area contributed by atoms with Gasteiger partial charge in [-0.25, -0.2) is 0 Å². The minimum Gasteiger partial charge on any atom is -0.481 e. The van der Waals surface area contributed by atoms with Crippen LogP contribution in [-0.2, 0) is 44.9 Å². The van der Waals surface area contributed by atoms with Crippen LogP contribution in [0.25, 0.3) is 0 Å². The molecule has 0 aliphatic carbocycles. The molecule has 0 saturated heterocycles. The van der Waals surface area contributed by atoms with Crippen molar-refractivity contribution < 1.29 is 43.4 Å². The number of ether oxygens (including phenoxy) is 1. The zero-order valence-corrected chi connectivity index (χ0v) is 22.4. The van der Waals surface area contributed by atoms with E-state index in [0.717, 1.165) is 10.5 Å². The van der Waals surface area contributed by atoms with Gasteiger partial charge in [0.25, 0.3) is 11.8 Å². The second kappa shape index (κ2) is 15.8. The lowest BCUT2D eigenvalue weighted by atomic mass is 10.1. The van der Waals surface area contributed by atoms with E-state index in [2.05, 4.69) is 16.0 Å². The van der Waals surface area contributed by atoms with Crippen molar-refractivity contribution in [2.75, 3.05) is 18.4 Å². The summed E-state index contributed by atoms with van der Waals surface area (Å²) in [5, 5.41) is 16.4. The minimum absolute atomic E-state index is 0.0106. The monoisotopic (exact) mass is 558 g/mol. The molecule has 4 N–H and O–H groups in total. The number of carbonyl (C=O) groups is 7. The molecule has 5 amide bonds. The number of hydrogen-bond donors (Lipinski definition) is 4. The number of nitrogens with zero attached hydrogens (tertiary/aromatic N) is 1. The Hall–Kier alpha value is -4.55. The van der Waals surface area contributed by atoms with Crippen LogP contribution in [0.1, 0.15) is 51.5 Å². The maximum absolute atomic E-state index is 12.5. The molecule has 1 aliphatic rings. The molecule has 1 aromatic carbocycles. The van der Waals surface area contributed by atoms with Gasteiger partial charge in [0.1, 0.15) is 12.6 Å². The van der Waals surface area contributed by atoms with E-state index < -0.39 is 42.7 Å². The fraction of sp³-hybridized carbons (Fsp3) is 0.444. The largest absolute Gasteiger partial charge is 0.481 e. The molecule has 0 radical (unpaired) electrons. The number of aliphatic carboxylic acids is 1. The summed E-state index contributed by atoms with van der Waals surface area (Å²) < 4.78 is 5.14. The lowest BCUT2D eigenvalue weighted by molar-refractivity contribution is -0.148. The summed E-state index contributed by atoms with van der Waals surface area (Å²) in [7, 11) is 0. The van der Waals surface area contributed by atoms with Crippen LogP contribution < -0.4 is 16.0 Å². The zero-order valence-electron chi connectivity index (χ0n) is 22.4. The number of hydrogen-bond acceptors (Lipinski definition) is 8. The van der Waals surface area contributed by atoms with Gasteiger partial charge in [-0.2, -0.15) is 0 Å². The molecule has 1 heterocycles. The van der Waals surface area contributed by atoms with Crippen molar-refractivity contribution in [3.05, 3.63) is 42.0 Å². The number of carboxylic acids is 1. The van der Waals surface area contributed by atoms with Crippen LogP contribution in [0.2, 0.25) is 0 Å². The molecule has 1 atom stereocenters. The number of esters is 1. The van der Waals surface area contributed by atoms with Crippen molar-refractivity contribution in [2.45, 2.75) is 58.6 Å². The van der Waals surface area contributed by atoms with Crippen LogP contribution in [0.5, 0.6) is 0 Å². The first kappa shape index (κ1) is 31.7. The van der Waals surface area contributed by atoms with E-state index >= 15 is 0 Å². The smallest absolute Gasteiger partial charge is 0.308 e. The first-order valence-corrected chi connectivity index (χ1v) is 12.8. The van der Waals surface area contributed by atoms with Crippen LogP contribution in [0.15, 0.2) is 36.4 Å². The highest BCUT2D eigenvalue weighted by molar-refractivity contribution is 6.12. The quantitative estimate of drug-likeness (QED) is 0.130. The highest BCUT2D eigenvalue weighted by Crippen LogP contribution is 2.12. The number of imide groups is 1. The van der Waals surface area contributed by atoms with Gasteiger partial charge in [0.05, 0.1) is 18.9 Å². The average Bonchev–Trinajstić information content (AvgIpc) is 3.22. The van der Waals surface area contributed by atoms with Gasteiger partial charge in [-0.1, -0.05) is 32.4 Å². The Labute approximate surface area is 231 Å². The fourth-order valence-corrected chi connectivity index (χ4v) is 3.54. The molecule has 2 rings (SSSR count). The number of benzene rings is 1. The number of unbranched alkanes of at least 4 members (excludes halogenated alkanes) is 2. The number of amides is 5. The predicted molar refractivity (Wildman–Crippen MR) is 141 cm³/mol. The minimum atomic E-state index is -1.38. The first-order chi connectivity index (χ1) is 19.0. The first-order valence-electron chi connectivity index (χ1n) is 12.8. The van der Waals surface area contributed by atoms with E-state index in [1.54, 1.807) is 38.1 Å².